The molecule has 2 N–H and O–H groups in total. The van der Waals surface area contributed by atoms with Gasteiger partial charge < -0.3 is 10.2 Å². The molecule has 1 unspecified atom stereocenters. The number of hydrogen-bond donors (Lipinski definition) is 2. The standard InChI is InChI=1S/C24H20O2/c25-23-12-11-20(17-22(23)19-7-3-1-4-8-19)18-13-15-24(26,16-14-18)21-9-5-2-6-10-21/h1-15,17,25-26H,16H2. The number of phenolic OH excluding ortho intramolecular Hbond substituents is 1. The molecular formula is C24H20O2. The van der Waals surface area contributed by atoms with Gasteiger partial charge in [-0.25, -0.2) is 0 Å². The molecule has 0 saturated heterocycles. The average Bonchev–Trinajstić information content (AvgIpc) is 2.70. The first-order valence-corrected chi connectivity index (χ1v) is 8.72. The van der Waals surface area contributed by atoms with Crippen molar-refractivity contribution in [3.63, 3.8) is 0 Å². The molecule has 0 fully saturated rings. The van der Waals surface area contributed by atoms with Gasteiger partial charge >= 0.3 is 0 Å². The first kappa shape index (κ1) is 16.4. The van der Waals surface area contributed by atoms with E-state index < -0.39 is 5.60 Å². The van der Waals surface area contributed by atoms with Crippen LogP contribution in [0.3, 0.4) is 0 Å². The maximum absolute atomic E-state index is 10.9. The van der Waals surface area contributed by atoms with Gasteiger partial charge in [0.25, 0.3) is 0 Å². The molecule has 0 amide bonds. The van der Waals surface area contributed by atoms with Crippen LogP contribution >= 0.6 is 0 Å². The van der Waals surface area contributed by atoms with E-state index in [4.69, 9.17) is 0 Å². The molecule has 0 bridgehead atoms. The van der Waals surface area contributed by atoms with Crippen LogP contribution in [0, 0.1) is 0 Å². The summed E-state index contributed by atoms with van der Waals surface area (Å²) >= 11 is 0. The Morgan fingerprint density at radius 1 is 0.769 bits per heavy atom. The van der Waals surface area contributed by atoms with Crippen molar-refractivity contribution in [2.75, 3.05) is 0 Å². The number of allylic oxidation sites excluding steroid dienone is 2. The monoisotopic (exact) mass is 340 g/mol. The number of rotatable bonds is 3. The SMILES string of the molecule is Oc1ccc(C2=CCC(O)(c3ccccc3)C=C2)cc1-c1ccccc1. The van der Waals surface area contributed by atoms with E-state index >= 15 is 0 Å². The van der Waals surface area contributed by atoms with Gasteiger partial charge in [-0.1, -0.05) is 78.9 Å². The second-order valence-electron chi connectivity index (χ2n) is 6.59. The summed E-state index contributed by atoms with van der Waals surface area (Å²) in [6, 6.07) is 25.2. The summed E-state index contributed by atoms with van der Waals surface area (Å²) in [5.41, 5.74) is 3.77. The van der Waals surface area contributed by atoms with Crippen molar-refractivity contribution < 1.29 is 10.2 Å². The fourth-order valence-electron chi connectivity index (χ4n) is 3.35. The van der Waals surface area contributed by atoms with Crippen LogP contribution in [0.4, 0.5) is 0 Å². The lowest BCUT2D eigenvalue weighted by molar-refractivity contribution is 0.0920. The van der Waals surface area contributed by atoms with Gasteiger partial charge in [-0.2, -0.15) is 0 Å². The van der Waals surface area contributed by atoms with Crippen LogP contribution in [0.5, 0.6) is 5.75 Å². The van der Waals surface area contributed by atoms with Gasteiger partial charge in [0, 0.05) is 12.0 Å². The third-order valence-corrected chi connectivity index (χ3v) is 4.86. The summed E-state index contributed by atoms with van der Waals surface area (Å²) in [5, 5.41) is 21.2. The van der Waals surface area contributed by atoms with Gasteiger partial charge in [0.15, 0.2) is 0 Å². The van der Waals surface area contributed by atoms with Crippen LogP contribution in [-0.2, 0) is 5.60 Å². The summed E-state index contributed by atoms with van der Waals surface area (Å²) in [7, 11) is 0. The molecule has 0 aromatic heterocycles. The Morgan fingerprint density at radius 3 is 2.12 bits per heavy atom. The molecule has 1 aliphatic carbocycles. The molecule has 3 aromatic rings. The summed E-state index contributed by atoms with van der Waals surface area (Å²) in [5.74, 6) is 0.265. The van der Waals surface area contributed by atoms with Crippen LogP contribution < -0.4 is 0 Å². The van der Waals surface area contributed by atoms with Crippen molar-refractivity contribution in [1.82, 2.24) is 0 Å². The van der Waals surface area contributed by atoms with Gasteiger partial charge in [-0.3, -0.25) is 0 Å². The van der Waals surface area contributed by atoms with E-state index in [1.54, 1.807) is 6.07 Å². The van der Waals surface area contributed by atoms with Crippen LogP contribution in [0.25, 0.3) is 16.7 Å². The van der Waals surface area contributed by atoms with Gasteiger partial charge in [-0.15, -0.1) is 0 Å². The minimum atomic E-state index is -0.968. The quantitative estimate of drug-likeness (QED) is 0.680. The highest BCUT2D eigenvalue weighted by Crippen LogP contribution is 2.37. The Kier molecular flexibility index (Phi) is 4.19. The zero-order chi connectivity index (χ0) is 18.0. The third-order valence-electron chi connectivity index (χ3n) is 4.86. The molecule has 26 heavy (non-hydrogen) atoms. The van der Waals surface area contributed by atoms with Crippen molar-refractivity contribution in [3.8, 4) is 16.9 Å². The number of hydrogen-bond acceptors (Lipinski definition) is 2. The molecule has 1 atom stereocenters. The highest BCUT2D eigenvalue weighted by Gasteiger charge is 2.27. The molecule has 128 valence electrons. The minimum Gasteiger partial charge on any atom is -0.507 e. The fourth-order valence-corrected chi connectivity index (χ4v) is 3.35. The van der Waals surface area contributed by atoms with Crippen molar-refractivity contribution in [3.05, 3.63) is 108 Å². The molecule has 2 heteroatoms. The highest BCUT2D eigenvalue weighted by atomic mass is 16.3. The van der Waals surface area contributed by atoms with Crippen LogP contribution in [0.1, 0.15) is 17.5 Å². The smallest absolute Gasteiger partial charge is 0.123 e. The molecule has 0 radical (unpaired) electrons. The normalized spacial score (nSPS) is 19.2. The fraction of sp³-hybridized carbons (Fsp3) is 0.0833. The summed E-state index contributed by atoms with van der Waals surface area (Å²) in [4.78, 5) is 0. The lowest BCUT2D eigenvalue weighted by atomic mass is 9.84. The number of aliphatic hydroxyl groups is 1. The number of benzene rings is 3. The maximum Gasteiger partial charge on any atom is 0.123 e. The van der Waals surface area contributed by atoms with E-state index in [1.807, 2.05) is 91.0 Å². The molecule has 0 aliphatic heterocycles. The Bertz CT molecular complexity index is 972. The van der Waals surface area contributed by atoms with Gasteiger partial charge in [0.1, 0.15) is 11.4 Å². The minimum absolute atomic E-state index is 0.265. The summed E-state index contributed by atoms with van der Waals surface area (Å²) < 4.78 is 0. The molecule has 0 heterocycles. The number of phenols is 1. The maximum atomic E-state index is 10.9. The predicted octanol–water partition coefficient (Wildman–Crippen LogP) is 5.29. The second-order valence-corrected chi connectivity index (χ2v) is 6.59. The molecule has 0 spiro atoms. The van der Waals surface area contributed by atoms with Crippen molar-refractivity contribution >= 4 is 5.57 Å². The lowest BCUT2D eigenvalue weighted by Gasteiger charge is -2.27. The molecule has 4 rings (SSSR count). The lowest BCUT2D eigenvalue weighted by Crippen LogP contribution is -2.23. The van der Waals surface area contributed by atoms with Gasteiger partial charge in [-0.05, 0) is 40.5 Å². The Hall–Kier alpha value is -3.10. The molecule has 3 aromatic carbocycles. The van der Waals surface area contributed by atoms with Crippen molar-refractivity contribution in [1.29, 1.82) is 0 Å². The van der Waals surface area contributed by atoms with E-state index in [2.05, 4.69) is 0 Å². The molecule has 1 aliphatic rings. The topological polar surface area (TPSA) is 40.5 Å². The van der Waals surface area contributed by atoms with Crippen molar-refractivity contribution in [2.45, 2.75) is 12.0 Å². The molecular weight excluding hydrogens is 320 g/mol. The van der Waals surface area contributed by atoms with Crippen LogP contribution in [-0.4, -0.2) is 10.2 Å². The van der Waals surface area contributed by atoms with E-state index in [0.29, 0.717) is 6.42 Å². The Morgan fingerprint density at radius 2 is 1.46 bits per heavy atom. The predicted molar refractivity (Wildman–Crippen MR) is 106 cm³/mol. The summed E-state index contributed by atoms with van der Waals surface area (Å²) in [6.07, 6.45) is 6.38. The average molecular weight is 340 g/mol. The van der Waals surface area contributed by atoms with E-state index in [1.165, 1.54) is 0 Å². The zero-order valence-corrected chi connectivity index (χ0v) is 14.3. The van der Waals surface area contributed by atoms with E-state index in [9.17, 15) is 10.2 Å². The van der Waals surface area contributed by atoms with Gasteiger partial charge in [0.2, 0.25) is 0 Å². The third kappa shape index (κ3) is 3.07. The van der Waals surface area contributed by atoms with Gasteiger partial charge in [0.05, 0.1) is 0 Å². The summed E-state index contributed by atoms with van der Waals surface area (Å²) in [6.45, 7) is 0. The second kappa shape index (κ2) is 6.66. The first-order valence-electron chi connectivity index (χ1n) is 8.72. The highest BCUT2D eigenvalue weighted by molar-refractivity contribution is 5.81. The Labute approximate surface area is 153 Å². The van der Waals surface area contributed by atoms with Crippen LogP contribution in [0.2, 0.25) is 0 Å². The van der Waals surface area contributed by atoms with Crippen LogP contribution in [0.15, 0.2) is 97.1 Å². The zero-order valence-electron chi connectivity index (χ0n) is 14.3. The van der Waals surface area contributed by atoms with Crippen molar-refractivity contribution in [2.24, 2.45) is 0 Å². The molecule has 0 saturated carbocycles. The largest absolute Gasteiger partial charge is 0.507 e. The first-order chi connectivity index (χ1) is 12.7. The number of aromatic hydroxyl groups is 1. The van der Waals surface area contributed by atoms with E-state index in [-0.39, 0.29) is 5.75 Å². The van der Waals surface area contributed by atoms with E-state index in [0.717, 1.165) is 27.8 Å². The Balaban J connectivity index is 1.65. The molecule has 2 nitrogen and oxygen atoms in total.